The first-order chi connectivity index (χ1) is 16.8. The van der Waals surface area contributed by atoms with E-state index in [9.17, 15) is 14.4 Å². The Morgan fingerprint density at radius 3 is 2.37 bits per heavy atom. The molecule has 1 aliphatic rings. The standard InChI is InChI=1S/C27H19Cl2NO5/c1-15-2-4-16(5-3-15)25-26(24(32)21-13-19(29)8-11-22(21)34-25)35-27(33)17-12-23(31)30(14-17)20-9-6-18(28)7-10-20/h2-11,13,17H,12,14H2,1H3. The van der Waals surface area contributed by atoms with E-state index in [0.717, 1.165) is 5.56 Å². The summed E-state index contributed by atoms with van der Waals surface area (Å²) >= 11 is 12.0. The van der Waals surface area contributed by atoms with Gasteiger partial charge in [0.15, 0.2) is 5.76 Å². The molecule has 35 heavy (non-hydrogen) atoms. The quantitative estimate of drug-likeness (QED) is 0.315. The first-order valence-corrected chi connectivity index (χ1v) is 11.7. The minimum Gasteiger partial charge on any atom is -0.452 e. The van der Waals surface area contributed by atoms with Crippen LogP contribution in [0.2, 0.25) is 10.0 Å². The summed E-state index contributed by atoms with van der Waals surface area (Å²) in [5.41, 5.74) is 2.04. The Kier molecular flexibility index (Phi) is 6.09. The lowest BCUT2D eigenvalue weighted by atomic mass is 10.1. The van der Waals surface area contributed by atoms with E-state index in [2.05, 4.69) is 0 Å². The summed E-state index contributed by atoms with van der Waals surface area (Å²) in [5.74, 6) is -1.75. The molecular weight excluding hydrogens is 489 g/mol. The molecule has 8 heteroatoms. The maximum atomic E-state index is 13.4. The molecule has 3 aromatic carbocycles. The molecule has 1 amide bonds. The average Bonchev–Trinajstić information content (AvgIpc) is 3.24. The predicted octanol–water partition coefficient (Wildman–Crippen LogP) is 6.03. The first-order valence-electron chi connectivity index (χ1n) is 10.9. The zero-order valence-corrected chi connectivity index (χ0v) is 20.1. The molecule has 0 saturated carbocycles. The van der Waals surface area contributed by atoms with Crippen LogP contribution in [0.15, 0.2) is 75.9 Å². The predicted molar refractivity (Wildman–Crippen MR) is 135 cm³/mol. The van der Waals surface area contributed by atoms with Gasteiger partial charge in [0.05, 0.1) is 11.3 Å². The summed E-state index contributed by atoms with van der Waals surface area (Å²) in [6, 6.07) is 18.8. The molecule has 1 fully saturated rings. The monoisotopic (exact) mass is 507 g/mol. The Morgan fingerprint density at radius 2 is 1.66 bits per heavy atom. The van der Waals surface area contributed by atoms with Gasteiger partial charge in [-0.05, 0) is 49.4 Å². The third kappa shape index (κ3) is 4.55. The largest absolute Gasteiger partial charge is 0.452 e. The zero-order valence-electron chi connectivity index (χ0n) is 18.6. The van der Waals surface area contributed by atoms with Crippen molar-refractivity contribution in [3.8, 4) is 17.1 Å². The number of ether oxygens (including phenoxy) is 1. The lowest BCUT2D eigenvalue weighted by Crippen LogP contribution is -2.28. The molecule has 176 valence electrons. The van der Waals surface area contributed by atoms with Crippen LogP contribution in [0.3, 0.4) is 0 Å². The van der Waals surface area contributed by atoms with Crippen molar-refractivity contribution >= 4 is 51.7 Å². The third-order valence-corrected chi connectivity index (χ3v) is 6.41. The third-order valence-electron chi connectivity index (χ3n) is 5.92. The van der Waals surface area contributed by atoms with E-state index in [1.807, 2.05) is 19.1 Å². The fourth-order valence-electron chi connectivity index (χ4n) is 4.06. The molecule has 1 unspecified atom stereocenters. The number of nitrogens with zero attached hydrogens (tertiary/aromatic N) is 1. The lowest BCUT2D eigenvalue weighted by molar-refractivity contribution is -0.139. The number of anilines is 1. The van der Waals surface area contributed by atoms with Gasteiger partial charge in [0.2, 0.25) is 17.1 Å². The van der Waals surface area contributed by atoms with Crippen LogP contribution < -0.4 is 15.1 Å². The van der Waals surface area contributed by atoms with E-state index in [0.29, 0.717) is 26.9 Å². The Bertz CT molecular complexity index is 1510. The highest BCUT2D eigenvalue weighted by molar-refractivity contribution is 6.31. The van der Waals surface area contributed by atoms with Crippen molar-refractivity contribution in [2.45, 2.75) is 13.3 Å². The van der Waals surface area contributed by atoms with Crippen LogP contribution in [-0.2, 0) is 9.59 Å². The maximum absolute atomic E-state index is 13.4. The molecule has 1 saturated heterocycles. The highest BCUT2D eigenvalue weighted by atomic mass is 35.5. The number of aryl methyl sites for hydroxylation is 1. The number of esters is 1. The minimum absolute atomic E-state index is 0.0356. The van der Waals surface area contributed by atoms with Crippen LogP contribution in [0.4, 0.5) is 5.69 Å². The van der Waals surface area contributed by atoms with Crippen molar-refractivity contribution < 1.29 is 18.7 Å². The summed E-state index contributed by atoms with van der Waals surface area (Å²) in [6.45, 7) is 2.07. The summed E-state index contributed by atoms with van der Waals surface area (Å²) < 4.78 is 11.7. The molecule has 2 heterocycles. The molecule has 0 radical (unpaired) electrons. The first kappa shape index (κ1) is 23.1. The maximum Gasteiger partial charge on any atom is 0.316 e. The van der Waals surface area contributed by atoms with Crippen molar-refractivity contribution in [2.75, 3.05) is 11.4 Å². The number of benzene rings is 3. The van der Waals surface area contributed by atoms with Gasteiger partial charge >= 0.3 is 5.97 Å². The molecule has 1 aliphatic heterocycles. The molecule has 4 aromatic rings. The van der Waals surface area contributed by atoms with Gasteiger partial charge in [0, 0.05) is 34.3 Å². The molecule has 1 aromatic heterocycles. The van der Waals surface area contributed by atoms with Crippen molar-refractivity contribution in [2.24, 2.45) is 5.92 Å². The van der Waals surface area contributed by atoms with Crippen molar-refractivity contribution in [3.63, 3.8) is 0 Å². The van der Waals surface area contributed by atoms with Crippen LogP contribution in [0.25, 0.3) is 22.3 Å². The number of amides is 1. The van der Waals surface area contributed by atoms with Gasteiger partial charge in [0.1, 0.15) is 5.58 Å². The van der Waals surface area contributed by atoms with Gasteiger partial charge in [-0.1, -0.05) is 53.0 Å². The van der Waals surface area contributed by atoms with Crippen LogP contribution in [0.5, 0.6) is 5.75 Å². The van der Waals surface area contributed by atoms with E-state index in [4.69, 9.17) is 32.4 Å². The fraction of sp³-hybridized carbons (Fsp3) is 0.148. The van der Waals surface area contributed by atoms with Gasteiger partial charge < -0.3 is 14.1 Å². The lowest BCUT2D eigenvalue weighted by Gasteiger charge is -2.17. The second-order valence-corrected chi connectivity index (χ2v) is 9.27. The summed E-state index contributed by atoms with van der Waals surface area (Å²) in [7, 11) is 0. The summed E-state index contributed by atoms with van der Waals surface area (Å²) in [6.07, 6.45) is -0.0356. The molecule has 0 bridgehead atoms. The Labute approximate surface area is 210 Å². The smallest absolute Gasteiger partial charge is 0.316 e. The molecule has 0 spiro atoms. The minimum atomic E-state index is -0.751. The second-order valence-electron chi connectivity index (χ2n) is 8.40. The van der Waals surface area contributed by atoms with E-state index < -0.39 is 17.3 Å². The van der Waals surface area contributed by atoms with Crippen LogP contribution in [0, 0.1) is 12.8 Å². The van der Waals surface area contributed by atoms with Gasteiger partial charge in [-0.3, -0.25) is 14.4 Å². The topological polar surface area (TPSA) is 76.8 Å². The van der Waals surface area contributed by atoms with E-state index >= 15 is 0 Å². The van der Waals surface area contributed by atoms with Gasteiger partial charge in [-0.15, -0.1) is 0 Å². The normalized spacial score (nSPS) is 15.6. The second kappa shape index (κ2) is 9.21. The number of carbonyl (C=O) groups is 2. The van der Waals surface area contributed by atoms with Crippen molar-refractivity contribution in [3.05, 3.63) is 92.6 Å². The van der Waals surface area contributed by atoms with Crippen LogP contribution in [-0.4, -0.2) is 18.4 Å². The van der Waals surface area contributed by atoms with Gasteiger partial charge in [0.25, 0.3) is 0 Å². The summed E-state index contributed by atoms with van der Waals surface area (Å²) in [5, 5.41) is 1.09. The van der Waals surface area contributed by atoms with Crippen LogP contribution in [0.1, 0.15) is 12.0 Å². The van der Waals surface area contributed by atoms with Crippen molar-refractivity contribution in [1.82, 2.24) is 0 Å². The van der Waals surface area contributed by atoms with Crippen molar-refractivity contribution in [1.29, 1.82) is 0 Å². The van der Waals surface area contributed by atoms with E-state index in [-0.39, 0.29) is 35.8 Å². The van der Waals surface area contributed by atoms with Gasteiger partial charge in [-0.25, -0.2) is 0 Å². The number of halogens is 2. The van der Waals surface area contributed by atoms with Crippen LogP contribution >= 0.6 is 23.2 Å². The number of rotatable bonds is 4. The molecule has 0 aliphatic carbocycles. The van der Waals surface area contributed by atoms with E-state index in [1.54, 1.807) is 48.5 Å². The van der Waals surface area contributed by atoms with Gasteiger partial charge in [-0.2, -0.15) is 0 Å². The Balaban J connectivity index is 1.51. The number of fused-ring (bicyclic) bond motifs is 1. The molecular formula is C27H19Cl2NO5. The fourth-order valence-corrected chi connectivity index (χ4v) is 4.36. The number of carbonyl (C=O) groups excluding carboxylic acids is 2. The van der Waals surface area contributed by atoms with E-state index in [1.165, 1.54) is 11.0 Å². The highest BCUT2D eigenvalue weighted by Gasteiger charge is 2.37. The molecule has 6 nitrogen and oxygen atoms in total. The molecule has 0 N–H and O–H groups in total. The SMILES string of the molecule is Cc1ccc(-c2oc3ccc(Cl)cc3c(=O)c2OC(=O)C2CC(=O)N(c3ccc(Cl)cc3)C2)cc1. The average molecular weight is 508 g/mol. The zero-order chi connectivity index (χ0) is 24.7. The molecule has 1 atom stereocenters. The highest BCUT2D eigenvalue weighted by Crippen LogP contribution is 2.33. The number of hydrogen-bond donors (Lipinski definition) is 0. The molecule has 5 rings (SSSR count). The summed E-state index contributed by atoms with van der Waals surface area (Å²) in [4.78, 5) is 40.7. The Hall–Kier alpha value is -3.61. The number of hydrogen-bond acceptors (Lipinski definition) is 5. The Morgan fingerprint density at radius 1 is 0.971 bits per heavy atom.